The molecule has 0 aliphatic rings. The van der Waals surface area contributed by atoms with Crippen LogP contribution in [0.15, 0.2) is 22.8 Å². The Hall–Kier alpha value is -0.940. The first kappa shape index (κ1) is 11.1. The van der Waals surface area contributed by atoms with Crippen molar-refractivity contribution >= 4 is 21.8 Å². The first-order valence-corrected chi connectivity index (χ1v) is 4.96. The molecule has 0 unspecified atom stereocenters. The second-order valence-corrected chi connectivity index (χ2v) is 3.84. The SMILES string of the molecule is C[C@@H](O)CNC(=O)c1ccc(Br)cn1. The van der Waals surface area contributed by atoms with Crippen LogP contribution in [0.4, 0.5) is 0 Å². The summed E-state index contributed by atoms with van der Waals surface area (Å²) in [5, 5.41) is 11.5. The van der Waals surface area contributed by atoms with Crippen molar-refractivity contribution in [1.29, 1.82) is 0 Å². The Labute approximate surface area is 90.5 Å². The number of hydrogen-bond acceptors (Lipinski definition) is 3. The van der Waals surface area contributed by atoms with Gasteiger partial charge < -0.3 is 10.4 Å². The van der Waals surface area contributed by atoms with Gasteiger partial charge in [-0.2, -0.15) is 0 Å². The highest BCUT2D eigenvalue weighted by molar-refractivity contribution is 9.10. The van der Waals surface area contributed by atoms with Crippen LogP contribution in [0, 0.1) is 0 Å². The van der Waals surface area contributed by atoms with Crippen LogP contribution in [0.5, 0.6) is 0 Å². The van der Waals surface area contributed by atoms with Gasteiger partial charge in [0.25, 0.3) is 5.91 Å². The molecule has 0 radical (unpaired) electrons. The third kappa shape index (κ3) is 3.43. The van der Waals surface area contributed by atoms with Crippen molar-refractivity contribution in [3.8, 4) is 0 Å². The number of aromatic nitrogens is 1. The highest BCUT2D eigenvalue weighted by atomic mass is 79.9. The zero-order chi connectivity index (χ0) is 10.6. The number of hydrogen-bond donors (Lipinski definition) is 2. The largest absolute Gasteiger partial charge is 0.392 e. The number of aliphatic hydroxyl groups is 1. The van der Waals surface area contributed by atoms with Crippen LogP contribution in [0.1, 0.15) is 17.4 Å². The van der Waals surface area contributed by atoms with Gasteiger partial charge in [-0.15, -0.1) is 0 Å². The molecule has 0 aliphatic carbocycles. The van der Waals surface area contributed by atoms with Gasteiger partial charge in [0.15, 0.2) is 0 Å². The van der Waals surface area contributed by atoms with Crippen LogP contribution in [0.3, 0.4) is 0 Å². The molecule has 1 atom stereocenters. The maximum Gasteiger partial charge on any atom is 0.269 e. The molecule has 5 heteroatoms. The van der Waals surface area contributed by atoms with E-state index in [0.717, 1.165) is 4.47 Å². The lowest BCUT2D eigenvalue weighted by Gasteiger charge is -2.06. The molecule has 1 amide bonds. The van der Waals surface area contributed by atoms with E-state index in [9.17, 15) is 4.79 Å². The monoisotopic (exact) mass is 258 g/mol. The second-order valence-electron chi connectivity index (χ2n) is 2.92. The highest BCUT2D eigenvalue weighted by Crippen LogP contribution is 2.07. The fraction of sp³-hybridized carbons (Fsp3) is 0.333. The van der Waals surface area contributed by atoms with Crippen molar-refractivity contribution in [3.63, 3.8) is 0 Å². The van der Waals surface area contributed by atoms with Crippen molar-refractivity contribution in [2.75, 3.05) is 6.54 Å². The normalized spacial score (nSPS) is 12.2. The van der Waals surface area contributed by atoms with E-state index in [2.05, 4.69) is 26.2 Å². The molecular formula is C9H11BrN2O2. The number of carbonyl (C=O) groups is 1. The van der Waals surface area contributed by atoms with E-state index < -0.39 is 6.10 Å². The molecule has 14 heavy (non-hydrogen) atoms. The molecule has 1 heterocycles. The summed E-state index contributed by atoms with van der Waals surface area (Å²) in [4.78, 5) is 15.3. The first-order valence-electron chi connectivity index (χ1n) is 4.17. The van der Waals surface area contributed by atoms with Crippen molar-refractivity contribution in [1.82, 2.24) is 10.3 Å². The van der Waals surface area contributed by atoms with E-state index in [0.29, 0.717) is 5.69 Å². The number of rotatable bonds is 3. The minimum Gasteiger partial charge on any atom is -0.392 e. The van der Waals surface area contributed by atoms with Crippen molar-refractivity contribution in [3.05, 3.63) is 28.5 Å². The maximum absolute atomic E-state index is 11.4. The summed E-state index contributed by atoms with van der Waals surface area (Å²) in [5.41, 5.74) is 0.342. The Kier molecular flexibility index (Phi) is 4.03. The molecule has 4 nitrogen and oxygen atoms in total. The number of carbonyl (C=O) groups excluding carboxylic acids is 1. The highest BCUT2D eigenvalue weighted by Gasteiger charge is 2.06. The smallest absolute Gasteiger partial charge is 0.269 e. The van der Waals surface area contributed by atoms with Gasteiger partial charge in [0.05, 0.1) is 6.10 Å². The van der Waals surface area contributed by atoms with Crippen LogP contribution in [0.2, 0.25) is 0 Å². The van der Waals surface area contributed by atoms with Gasteiger partial charge in [0.1, 0.15) is 5.69 Å². The van der Waals surface area contributed by atoms with Gasteiger partial charge in [-0.25, -0.2) is 4.98 Å². The lowest BCUT2D eigenvalue weighted by Crippen LogP contribution is -2.31. The van der Waals surface area contributed by atoms with Crippen molar-refractivity contribution in [2.45, 2.75) is 13.0 Å². The number of halogens is 1. The Balaban J connectivity index is 2.57. The Bertz CT molecular complexity index is 311. The molecule has 0 saturated heterocycles. The molecule has 0 bridgehead atoms. The summed E-state index contributed by atoms with van der Waals surface area (Å²) in [6, 6.07) is 3.35. The predicted octanol–water partition coefficient (Wildman–Crippen LogP) is 0.955. The summed E-state index contributed by atoms with van der Waals surface area (Å²) < 4.78 is 0.824. The molecule has 2 N–H and O–H groups in total. The zero-order valence-corrected chi connectivity index (χ0v) is 9.28. The summed E-state index contributed by atoms with van der Waals surface area (Å²) in [6.45, 7) is 1.84. The number of amides is 1. The van der Waals surface area contributed by atoms with E-state index in [-0.39, 0.29) is 12.5 Å². The molecule has 76 valence electrons. The Morgan fingerprint density at radius 2 is 2.43 bits per heavy atom. The zero-order valence-electron chi connectivity index (χ0n) is 7.70. The van der Waals surface area contributed by atoms with E-state index in [1.165, 1.54) is 0 Å². The van der Waals surface area contributed by atoms with Crippen molar-refractivity contribution in [2.24, 2.45) is 0 Å². The fourth-order valence-corrected chi connectivity index (χ4v) is 1.08. The fourth-order valence-electron chi connectivity index (χ4n) is 0.841. The molecule has 0 spiro atoms. The molecule has 1 aromatic rings. The first-order chi connectivity index (χ1) is 6.59. The molecule has 0 aliphatic heterocycles. The molecule has 1 aromatic heterocycles. The number of nitrogens with zero attached hydrogens (tertiary/aromatic N) is 1. The van der Waals surface area contributed by atoms with Crippen LogP contribution in [0.25, 0.3) is 0 Å². The average molecular weight is 259 g/mol. The maximum atomic E-state index is 11.4. The van der Waals surface area contributed by atoms with E-state index in [1.54, 1.807) is 25.3 Å². The van der Waals surface area contributed by atoms with E-state index in [1.807, 2.05) is 0 Å². The molecule has 0 fully saturated rings. The summed E-state index contributed by atoms with van der Waals surface area (Å²) in [5.74, 6) is -0.279. The molecule has 1 rings (SSSR count). The number of pyridine rings is 1. The predicted molar refractivity (Wildman–Crippen MR) is 56.0 cm³/mol. The van der Waals surface area contributed by atoms with Gasteiger partial charge >= 0.3 is 0 Å². The minimum absolute atomic E-state index is 0.233. The van der Waals surface area contributed by atoms with E-state index in [4.69, 9.17) is 5.11 Å². The standard InChI is InChI=1S/C9H11BrN2O2/c1-6(13)4-12-9(14)8-3-2-7(10)5-11-8/h2-3,5-6,13H,4H2,1H3,(H,12,14)/t6-/m1/s1. The summed E-state index contributed by atoms with van der Waals surface area (Å²) in [6.07, 6.45) is 1.01. The Morgan fingerprint density at radius 3 is 2.93 bits per heavy atom. The summed E-state index contributed by atoms with van der Waals surface area (Å²) in [7, 11) is 0. The lowest BCUT2D eigenvalue weighted by molar-refractivity contribution is 0.0919. The number of nitrogens with one attached hydrogen (secondary N) is 1. The topological polar surface area (TPSA) is 62.2 Å². The molecule has 0 aromatic carbocycles. The van der Waals surface area contributed by atoms with E-state index >= 15 is 0 Å². The lowest BCUT2D eigenvalue weighted by atomic mass is 10.3. The second kappa shape index (κ2) is 5.07. The van der Waals surface area contributed by atoms with Gasteiger partial charge in [0.2, 0.25) is 0 Å². The Morgan fingerprint density at radius 1 is 1.71 bits per heavy atom. The van der Waals surface area contributed by atoms with Crippen LogP contribution in [-0.2, 0) is 0 Å². The average Bonchev–Trinajstić information content (AvgIpc) is 2.15. The van der Waals surface area contributed by atoms with Crippen LogP contribution >= 0.6 is 15.9 Å². The summed E-state index contributed by atoms with van der Waals surface area (Å²) >= 11 is 3.22. The number of aliphatic hydroxyl groups excluding tert-OH is 1. The van der Waals surface area contributed by atoms with Gasteiger partial charge in [0, 0.05) is 17.2 Å². The third-order valence-corrected chi connectivity index (χ3v) is 1.99. The quantitative estimate of drug-likeness (QED) is 0.849. The minimum atomic E-state index is -0.547. The van der Waals surface area contributed by atoms with Gasteiger partial charge in [-0.05, 0) is 35.0 Å². The van der Waals surface area contributed by atoms with Gasteiger partial charge in [-0.3, -0.25) is 4.79 Å². The third-order valence-electron chi connectivity index (χ3n) is 1.52. The van der Waals surface area contributed by atoms with Crippen LogP contribution in [-0.4, -0.2) is 28.6 Å². The van der Waals surface area contributed by atoms with Crippen LogP contribution < -0.4 is 5.32 Å². The van der Waals surface area contributed by atoms with Gasteiger partial charge in [-0.1, -0.05) is 0 Å². The van der Waals surface area contributed by atoms with Crippen molar-refractivity contribution < 1.29 is 9.90 Å². The molecule has 0 saturated carbocycles. The molecular weight excluding hydrogens is 248 g/mol.